The molecule has 12 heteroatoms. The van der Waals surface area contributed by atoms with Crippen LogP contribution in [0.3, 0.4) is 0 Å². The highest BCUT2D eigenvalue weighted by Crippen LogP contribution is 2.41. The Morgan fingerprint density at radius 3 is 1.63 bits per heavy atom. The van der Waals surface area contributed by atoms with Crippen molar-refractivity contribution < 1.29 is 52.4 Å². The summed E-state index contributed by atoms with van der Waals surface area (Å²) >= 11 is 2.97. The molecule has 1 fully saturated rings. The maximum absolute atomic E-state index is 12.3. The first-order valence-corrected chi connectivity index (χ1v) is 8.35. The van der Waals surface area contributed by atoms with Crippen molar-refractivity contribution in [2.75, 3.05) is 7.11 Å². The van der Waals surface area contributed by atoms with Crippen LogP contribution < -0.4 is 0 Å². The Labute approximate surface area is 162 Å². The van der Waals surface area contributed by atoms with Crippen LogP contribution in [0.1, 0.15) is 27.7 Å². The largest absolute Gasteiger partial charge is 0.466 e. The molecule has 1 aliphatic heterocycles. The lowest BCUT2D eigenvalue weighted by atomic mass is 9.97. The molecule has 0 N–H and O–H groups in total. The summed E-state index contributed by atoms with van der Waals surface area (Å²) in [5.74, 6) is -4.47. The van der Waals surface area contributed by atoms with Gasteiger partial charge in [-0.25, -0.2) is 4.79 Å². The summed E-state index contributed by atoms with van der Waals surface area (Å²) in [7, 11) is 1.03. The van der Waals surface area contributed by atoms with Crippen molar-refractivity contribution in [1.29, 1.82) is 0 Å². The van der Waals surface area contributed by atoms with Gasteiger partial charge < -0.3 is 28.4 Å². The van der Waals surface area contributed by atoms with E-state index in [2.05, 4.69) is 20.7 Å². The van der Waals surface area contributed by atoms with Crippen LogP contribution in [0.5, 0.6) is 0 Å². The van der Waals surface area contributed by atoms with Crippen LogP contribution in [0.4, 0.5) is 0 Å². The van der Waals surface area contributed by atoms with Gasteiger partial charge >= 0.3 is 29.8 Å². The summed E-state index contributed by atoms with van der Waals surface area (Å²) in [6.45, 7) is 4.17. The molecule has 5 atom stereocenters. The van der Waals surface area contributed by atoms with Crippen LogP contribution in [0.25, 0.3) is 0 Å². The molecule has 1 saturated heterocycles. The maximum atomic E-state index is 12.3. The molecular weight excluding hydrogens is 436 g/mol. The van der Waals surface area contributed by atoms with E-state index >= 15 is 0 Å². The number of methoxy groups -OCH3 is 1. The Hall–Kier alpha value is -2.21. The number of hydrogen-bond acceptors (Lipinski definition) is 11. The van der Waals surface area contributed by atoms with E-state index in [0.29, 0.717) is 0 Å². The van der Waals surface area contributed by atoms with Gasteiger partial charge in [-0.2, -0.15) is 0 Å². The molecule has 0 aromatic heterocycles. The highest BCUT2D eigenvalue weighted by molar-refractivity contribution is 9.10. The van der Waals surface area contributed by atoms with E-state index in [-0.39, 0.29) is 0 Å². The summed E-state index contributed by atoms with van der Waals surface area (Å²) in [4.78, 5) is 58.3. The third-order valence-corrected chi connectivity index (χ3v) is 4.15. The van der Waals surface area contributed by atoms with Crippen molar-refractivity contribution in [1.82, 2.24) is 0 Å². The van der Waals surface area contributed by atoms with E-state index in [4.69, 9.17) is 23.7 Å². The molecule has 11 nitrogen and oxygen atoms in total. The topological polar surface area (TPSA) is 141 Å². The van der Waals surface area contributed by atoms with Crippen LogP contribution in [0, 0.1) is 0 Å². The smallest absolute Gasteiger partial charge is 0.353 e. The first kappa shape index (κ1) is 22.8. The van der Waals surface area contributed by atoms with Crippen LogP contribution in [-0.2, 0) is 52.4 Å². The molecule has 0 aromatic carbocycles. The number of carbonyl (C=O) groups excluding carboxylic acids is 5. The summed E-state index contributed by atoms with van der Waals surface area (Å²) in [6, 6.07) is 0. The average molecular weight is 455 g/mol. The molecule has 0 aliphatic carbocycles. The van der Waals surface area contributed by atoms with Crippen LogP contribution in [-0.4, -0.2) is 66.1 Å². The Kier molecular flexibility index (Phi) is 7.72. The lowest BCUT2D eigenvalue weighted by Crippen LogP contribution is -2.68. The lowest BCUT2D eigenvalue weighted by Gasteiger charge is -2.46. The van der Waals surface area contributed by atoms with E-state index < -0.39 is 59.0 Å². The van der Waals surface area contributed by atoms with Gasteiger partial charge in [-0.15, -0.1) is 0 Å². The predicted octanol–water partition coefficient (Wildman–Crippen LogP) is -0.0349. The van der Waals surface area contributed by atoms with Gasteiger partial charge in [-0.3, -0.25) is 19.2 Å². The van der Waals surface area contributed by atoms with Crippen LogP contribution >= 0.6 is 15.9 Å². The predicted molar refractivity (Wildman–Crippen MR) is 87.0 cm³/mol. The second kappa shape index (κ2) is 9.13. The molecule has 0 saturated carbocycles. The lowest BCUT2D eigenvalue weighted by molar-refractivity contribution is -0.300. The second-order valence-corrected chi connectivity index (χ2v) is 6.59. The van der Waals surface area contributed by atoms with Crippen molar-refractivity contribution in [2.24, 2.45) is 0 Å². The minimum absolute atomic E-state index is 0.834. The number of alkyl halides is 1. The summed E-state index contributed by atoms with van der Waals surface area (Å²) in [6.07, 6.45) is -6.41. The van der Waals surface area contributed by atoms with Gasteiger partial charge in [0, 0.05) is 27.7 Å². The van der Waals surface area contributed by atoms with Gasteiger partial charge in [0.25, 0.3) is 4.51 Å². The standard InChI is InChI=1S/C15H19BrO11/c1-6(17)23-10-11(24-7(2)18)13(26-9(4)20)27-15(16,14(21)22-5)12(10)25-8(3)19/h10-13H,1-5H3/t10-,11-,12+,13?,15+/m1/s1. The Morgan fingerprint density at radius 1 is 0.778 bits per heavy atom. The molecule has 0 spiro atoms. The van der Waals surface area contributed by atoms with Crippen molar-refractivity contribution in [3.8, 4) is 0 Å². The summed E-state index contributed by atoms with van der Waals surface area (Å²) < 4.78 is 28.1. The number of esters is 5. The van der Waals surface area contributed by atoms with Gasteiger partial charge in [0.15, 0.2) is 12.2 Å². The molecule has 1 rings (SSSR count). The van der Waals surface area contributed by atoms with Crippen molar-refractivity contribution in [2.45, 2.75) is 56.8 Å². The van der Waals surface area contributed by atoms with Crippen LogP contribution in [0.2, 0.25) is 0 Å². The van der Waals surface area contributed by atoms with Crippen LogP contribution in [0.15, 0.2) is 0 Å². The zero-order valence-corrected chi connectivity index (χ0v) is 16.8. The fourth-order valence-corrected chi connectivity index (χ4v) is 3.06. The van der Waals surface area contributed by atoms with E-state index in [1.165, 1.54) is 0 Å². The Bertz CT molecular complexity index is 633. The fourth-order valence-electron chi connectivity index (χ4n) is 2.36. The molecule has 0 aromatic rings. The molecule has 152 valence electrons. The third kappa shape index (κ3) is 5.63. The first-order valence-electron chi connectivity index (χ1n) is 7.56. The maximum Gasteiger partial charge on any atom is 0.353 e. The number of rotatable bonds is 5. The Balaban J connectivity index is 3.52. The summed E-state index contributed by atoms with van der Waals surface area (Å²) in [5, 5.41) is 0. The van der Waals surface area contributed by atoms with Gasteiger partial charge in [-0.05, 0) is 15.9 Å². The second-order valence-electron chi connectivity index (χ2n) is 5.41. The van der Waals surface area contributed by atoms with E-state index in [1.807, 2.05) is 0 Å². The zero-order valence-electron chi connectivity index (χ0n) is 15.2. The third-order valence-electron chi connectivity index (χ3n) is 3.19. The fraction of sp³-hybridized carbons (Fsp3) is 0.667. The van der Waals surface area contributed by atoms with Crippen molar-refractivity contribution in [3.63, 3.8) is 0 Å². The minimum Gasteiger partial charge on any atom is -0.466 e. The SMILES string of the molecule is COC(=O)[C@@]1(Br)OC(OC(C)=O)[C@H](OC(C)=O)[C@@H](OC(C)=O)[C@@H]1OC(C)=O. The zero-order chi connectivity index (χ0) is 20.9. The quantitative estimate of drug-likeness (QED) is 0.313. The normalized spacial score (nSPS) is 29.9. The van der Waals surface area contributed by atoms with E-state index in [0.717, 1.165) is 34.8 Å². The molecular formula is C15H19BrO11. The average Bonchev–Trinajstić information content (AvgIpc) is 2.52. The first-order chi connectivity index (χ1) is 12.4. The molecule has 1 heterocycles. The number of ether oxygens (including phenoxy) is 6. The monoisotopic (exact) mass is 454 g/mol. The van der Waals surface area contributed by atoms with E-state index in [9.17, 15) is 24.0 Å². The summed E-state index contributed by atoms with van der Waals surface area (Å²) in [5.41, 5.74) is 0. The van der Waals surface area contributed by atoms with Crippen molar-refractivity contribution >= 4 is 45.8 Å². The molecule has 0 amide bonds. The molecule has 0 radical (unpaired) electrons. The molecule has 1 aliphatic rings. The number of carbonyl (C=O) groups is 5. The van der Waals surface area contributed by atoms with E-state index in [1.54, 1.807) is 0 Å². The van der Waals surface area contributed by atoms with Gasteiger partial charge in [-0.1, -0.05) is 0 Å². The van der Waals surface area contributed by atoms with Crippen molar-refractivity contribution in [3.05, 3.63) is 0 Å². The highest BCUT2D eigenvalue weighted by Gasteiger charge is 2.64. The van der Waals surface area contributed by atoms with Gasteiger partial charge in [0.1, 0.15) is 0 Å². The highest BCUT2D eigenvalue weighted by atomic mass is 79.9. The number of halogens is 1. The number of hydrogen-bond donors (Lipinski definition) is 0. The minimum atomic E-state index is -2.22. The molecule has 1 unspecified atom stereocenters. The van der Waals surface area contributed by atoms with Gasteiger partial charge in [0.05, 0.1) is 7.11 Å². The Morgan fingerprint density at radius 2 is 1.22 bits per heavy atom. The molecule has 0 bridgehead atoms. The molecule has 27 heavy (non-hydrogen) atoms. The van der Waals surface area contributed by atoms with Gasteiger partial charge in [0.2, 0.25) is 12.4 Å².